The van der Waals surface area contributed by atoms with Crippen LogP contribution in [0.1, 0.15) is 32.3 Å². The maximum absolute atomic E-state index is 12.3. The number of likely N-dealkylation sites (N-methyl/N-ethyl adjacent to an activating group) is 1. The average molecular weight is 234 g/mol. The second-order valence-corrected chi connectivity index (χ2v) is 4.87. The van der Waals surface area contributed by atoms with Crippen molar-refractivity contribution in [1.82, 2.24) is 0 Å². The van der Waals surface area contributed by atoms with Gasteiger partial charge in [-0.25, -0.2) is 0 Å². The van der Waals surface area contributed by atoms with Crippen LogP contribution < -0.4 is 10.6 Å². The Labute approximate surface area is 104 Å². The van der Waals surface area contributed by atoms with Crippen LogP contribution in [-0.4, -0.2) is 18.5 Å². The molecule has 0 aliphatic carbocycles. The van der Waals surface area contributed by atoms with Crippen molar-refractivity contribution in [3.63, 3.8) is 0 Å². The lowest BCUT2D eigenvalue weighted by atomic mass is 9.95. The fraction of sp³-hybridized carbons (Fsp3) is 0.500. The molecule has 1 aromatic rings. The molecule has 1 unspecified atom stereocenters. The third-order valence-electron chi connectivity index (χ3n) is 2.95. The first kappa shape index (κ1) is 13.7. The van der Waals surface area contributed by atoms with E-state index in [2.05, 4.69) is 0 Å². The highest BCUT2D eigenvalue weighted by molar-refractivity contribution is 5.99. The number of nitrogens with two attached hydrogens (primary N) is 1. The molecule has 2 N–H and O–H groups in total. The summed E-state index contributed by atoms with van der Waals surface area (Å²) in [5.41, 5.74) is 7.30. The number of carbonyl (C=O) groups excluding carboxylic acids is 1. The Morgan fingerprint density at radius 3 is 2.65 bits per heavy atom. The predicted octanol–water partition coefficient (Wildman–Crippen LogP) is 2.48. The van der Waals surface area contributed by atoms with Crippen LogP contribution in [0.25, 0.3) is 0 Å². The van der Waals surface area contributed by atoms with Crippen LogP contribution in [0.5, 0.6) is 0 Å². The first-order valence-electron chi connectivity index (χ1n) is 6.02. The highest BCUT2D eigenvalue weighted by Crippen LogP contribution is 2.19. The lowest BCUT2D eigenvalue weighted by Gasteiger charge is -2.29. The lowest BCUT2D eigenvalue weighted by Crippen LogP contribution is -2.52. The van der Waals surface area contributed by atoms with Crippen molar-refractivity contribution in [3.8, 4) is 0 Å². The van der Waals surface area contributed by atoms with Gasteiger partial charge in [0, 0.05) is 12.7 Å². The Kier molecular flexibility index (Phi) is 4.29. The molecule has 0 spiro atoms. The van der Waals surface area contributed by atoms with Crippen LogP contribution in [0.15, 0.2) is 24.3 Å². The quantitative estimate of drug-likeness (QED) is 0.870. The van der Waals surface area contributed by atoms with Crippen molar-refractivity contribution in [1.29, 1.82) is 0 Å². The molecule has 0 aliphatic heterocycles. The lowest BCUT2D eigenvalue weighted by molar-refractivity contribution is -0.123. The number of benzene rings is 1. The van der Waals surface area contributed by atoms with Crippen LogP contribution in [-0.2, 0) is 4.79 Å². The van der Waals surface area contributed by atoms with Crippen molar-refractivity contribution < 1.29 is 4.79 Å². The van der Waals surface area contributed by atoms with Crippen LogP contribution in [0, 0.1) is 6.92 Å². The summed E-state index contributed by atoms with van der Waals surface area (Å²) < 4.78 is 0. The topological polar surface area (TPSA) is 46.3 Å². The molecule has 1 atom stereocenters. The fourth-order valence-electron chi connectivity index (χ4n) is 1.96. The third-order valence-corrected chi connectivity index (χ3v) is 2.95. The summed E-state index contributed by atoms with van der Waals surface area (Å²) in [4.78, 5) is 13.9. The highest BCUT2D eigenvalue weighted by Gasteiger charge is 2.30. The average Bonchev–Trinajstić information content (AvgIpc) is 2.27. The Morgan fingerprint density at radius 1 is 1.47 bits per heavy atom. The van der Waals surface area contributed by atoms with E-state index in [1.165, 1.54) is 0 Å². The van der Waals surface area contributed by atoms with Gasteiger partial charge >= 0.3 is 0 Å². The van der Waals surface area contributed by atoms with E-state index in [0.29, 0.717) is 6.42 Å². The van der Waals surface area contributed by atoms with Crippen molar-refractivity contribution in [2.75, 3.05) is 11.9 Å². The monoisotopic (exact) mass is 234 g/mol. The van der Waals surface area contributed by atoms with Gasteiger partial charge in [0.1, 0.15) is 0 Å². The summed E-state index contributed by atoms with van der Waals surface area (Å²) in [5, 5.41) is 0. The second-order valence-electron chi connectivity index (χ2n) is 4.87. The summed E-state index contributed by atoms with van der Waals surface area (Å²) >= 11 is 0. The van der Waals surface area contributed by atoms with Crippen molar-refractivity contribution in [2.24, 2.45) is 5.73 Å². The predicted molar refractivity (Wildman–Crippen MR) is 72.1 cm³/mol. The van der Waals surface area contributed by atoms with Gasteiger partial charge in [0.25, 0.3) is 0 Å². The van der Waals surface area contributed by atoms with Crippen LogP contribution in [0.3, 0.4) is 0 Å². The molecule has 1 rings (SSSR count). The molecular weight excluding hydrogens is 212 g/mol. The molecule has 1 aromatic carbocycles. The molecule has 0 aromatic heterocycles. The van der Waals surface area contributed by atoms with Crippen molar-refractivity contribution in [3.05, 3.63) is 29.8 Å². The first-order chi connectivity index (χ1) is 7.88. The molecule has 0 saturated heterocycles. The summed E-state index contributed by atoms with van der Waals surface area (Å²) in [6.07, 6.45) is 1.60. The SMILES string of the molecule is CCCC(C)(N)C(=O)N(C)c1cccc(C)c1. The standard InChI is InChI=1S/C14H22N2O/c1-5-9-14(3,15)13(17)16(4)12-8-6-7-11(2)10-12/h6-8,10H,5,9,15H2,1-4H3. The molecule has 0 aliphatic rings. The van der Waals surface area contributed by atoms with E-state index in [1.807, 2.05) is 38.1 Å². The molecule has 0 saturated carbocycles. The van der Waals surface area contributed by atoms with Crippen molar-refractivity contribution >= 4 is 11.6 Å². The zero-order chi connectivity index (χ0) is 13.1. The van der Waals surface area contributed by atoms with E-state index in [0.717, 1.165) is 17.7 Å². The van der Waals surface area contributed by atoms with E-state index in [1.54, 1.807) is 18.9 Å². The largest absolute Gasteiger partial charge is 0.318 e. The minimum absolute atomic E-state index is 0.0371. The number of carbonyl (C=O) groups is 1. The molecule has 3 heteroatoms. The normalized spacial score (nSPS) is 14.2. The maximum atomic E-state index is 12.3. The van der Waals surface area contributed by atoms with Gasteiger partial charge in [-0.15, -0.1) is 0 Å². The molecule has 0 bridgehead atoms. The van der Waals surface area contributed by atoms with Crippen LogP contribution >= 0.6 is 0 Å². The van der Waals surface area contributed by atoms with Crippen LogP contribution in [0.4, 0.5) is 5.69 Å². The number of anilines is 1. The number of aryl methyl sites for hydroxylation is 1. The maximum Gasteiger partial charge on any atom is 0.246 e. The molecule has 3 nitrogen and oxygen atoms in total. The minimum Gasteiger partial charge on any atom is -0.318 e. The molecule has 0 radical (unpaired) electrons. The first-order valence-corrected chi connectivity index (χ1v) is 6.02. The zero-order valence-electron chi connectivity index (χ0n) is 11.2. The van der Waals surface area contributed by atoms with Gasteiger partial charge in [0.15, 0.2) is 0 Å². The molecule has 1 amide bonds. The van der Waals surface area contributed by atoms with Gasteiger partial charge in [-0.3, -0.25) is 4.79 Å². The Morgan fingerprint density at radius 2 is 2.12 bits per heavy atom. The van der Waals surface area contributed by atoms with Gasteiger partial charge < -0.3 is 10.6 Å². The number of amides is 1. The number of hydrogen-bond donors (Lipinski definition) is 1. The van der Waals surface area contributed by atoms with Gasteiger partial charge in [-0.05, 0) is 38.0 Å². The minimum atomic E-state index is -0.784. The molecule has 94 valence electrons. The van der Waals surface area contributed by atoms with Crippen LogP contribution in [0.2, 0.25) is 0 Å². The summed E-state index contributed by atoms with van der Waals surface area (Å²) in [6.45, 7) is 5.84. The smallest absolute Gasteiger partial charge is 0.246 e. The molecule has 17 heavy (non-hydrogen) atoms. The summed E-state index contributed by atoms with van der Waals surface area (Å²) in [7, 11) is 1.78. The van der Waals surface area contributed by atoms with Gasteiger partial charge in [-0.2, -0.15) is 0 Å². The van der Waals surface area contributed by atoms with E-state index in [-0.39, 0.29) is 5.91 Å². The number of hydrogen-bond acceptors (Lipinski definition) is 2. The Balaban J connectivity index is 2.90. The van der Waals surface area contributed by atoms with Crippen molar-refractivity contribution in [2.45, 2.75) is 39.2 Å². The van der Waals surface area contributed by atoms with E-state index in [4.69, 9.17) is 5.73 Å². The molecule has 0 heterocycles. The number of nitrogens with zero attached hydrogens (tertiary/aromatic N) is 1. The second kappa shape index (κ2) is 5.32. The molecular formula is C14H22N2O. The van der Waals surface area contributed by atoms with E-state index < -0.39 is 5.54 Å². The number of rotatable bonds is 4. The third kappa shape index (κ3) is 3.30. The molecule has 0 fully saturated rings. The summed E-state index contributed by atoms with van der Waals surface area (Å²) in [6, 6.07) is 7.87. The highest BCUT2D eigenvalue weighted by atomic mass is 16.2. The van der Waals surface area contributed by atoms with Gasteiger partial charge in [-0.1, -0.05) is 25.5 Å². The Hall–Kier alpha value is -1.35. The Bertz CT molecular complexity index is 399. The van der Waals surface area contributed by atoms with Gasteiger partial charge in [0.2, 0.25) is 5.91 Å². The van der Waals surface area contributed by atoms with E-state index >= 15 is 0 Å². The van der Waals surface area contributed by atoms with Gasteiger partial charge in [0.05, 0.1) is 5.54 Å². The zero-order valence-corrected chi connectivity index (χ0v) is 11.2. The van der Waals surface area contributed by atoms with E-state index in [9.17, 15) is 4.79 Å². The summed E-state index contributed by atoms with van der Waals surface area (Å²) in [5.74, 6) is -0.0371. The fourth-order valence-corrected chi connectivity index (χ4v) is 1.96.